The zero-order valence-corrected chi connectivity index (χ0v) is 13.7. The quantitative estimate of drug-likeness (QED) is 0.805. The van der Waals surface area contributed by atoms with Crippen LogP contribution in [0.2, 0.25) is 0 Å². The van der Waals surface area contributed by atoms with Crippen molar-refractivity contribution in [3.05, 3.63) is 11.9 Å². The van der Waals surface area contributed by atoms with E-state index in [1.165, 1.54) is 0 Å². The van der Waals surface area contributed by atoms with E-state index in [4.69, 9.17) is 0 Å². The molecular weight excluding hydrogens is 276 g/mol. The summed E-state index contributed by atoms with van der Waals surface area (Å²) < 4.78 is 28.8. The summed E-state index contributed by atoms with van der Waals surface area (Å²) >= 11 is 0. The highest BCUT2D eigenvalue weighted by Gasteiger charge is 2.34. The molecule has 0 aromatic carbocycles. The molecular formula is C13H24N4O2S. The smallest absolute Gasteiger partial charge is 0.246 e. The summed E-state index contributed by atoms with van der Waals surface area (Å²) in [4.78, 5) is 2.48. The normalized spacial score (nSPS) is 19.4. The first kappa shape index (κ1) is 15.5. The standard InChI is InChI=1S/C13H24N4O2S/c1-13(2,3)12-11(10-16(5)14-12)20(18,19)17-8-6-15(4)7-9-17/h10H,6-9H2,1-5H3. The number of sulfonamides is 1. The minimum absolute atomic E-state index is 0.295. The number of aromatic nitrogens is 2. The van der Waals surface area contributed by atoms with Gasteiger partial charge in [-0.05, 0) is 7.05 Å². The highest BCUT2D eigenvalue weighted by molar-refractivity contribution is 7.89. The van der Waals surface area contributed by atoms with E-state index in [-0.39, 0.29) is 5.41 Å². The van der Waals surface area contributed by atoms with Crippen LogP contribution >= 0.6 is 0 Å². The molecule has 0 radical (unpaired) electrons. The number of hydrogen-bond acceptors (Lipinski definition) is 4. The lowest BCUT2D eigenvalue weighted by atomic mass is 9.92. The van der Waals surface area contributed by atoms with Gasteiger partial charge < -0.3 is 4.90 Å². The highest BCUT2D eigenvalue weighted by Crippen LogP contribution is 2.29. The Bertz CT molecular complexity index is 578. The first-order chi connectivity index (χ1) is 9.12. The summed E-state index contributed by atoms with van der Waals surface area (Å²) in [6, 6.07) is 0. The Hall–Kier alpha value is -0.920. The van der Waals surface area contributed by atoms with Gasteiger partial charge in [-0.3, -0.25) is 4.68 Å². The number of nitrogens with zero attached hydrogens (tertiary/aromatic N) is 4. The zero-order chi connectivity index (χ0) is 15.1. The van der Waals surface area contributed by atoms with Crippen molar-refractivity contribution in [1.29, 1.82) is 0 Å². The van der Waals surface area contributed by atoms with Crippen molar-refractivity contribution in [1.82, 2.24) is 19.0 Å². The van der Waals surface area contributed by atoms with Gasteiger partial charge in [-0.1, -0.05) is 20.8 Å². The van der Waals surface area contributed by atoms with Gasteiger partial charge in [0.25, 0.3) is 0 Å². The second kappa shape index (κ2) is 5.13. The number of aryl methyl sites for hydroxylation is 1. The fraction of sp³-hybridized carbons (Fsp3) is 0.769. The molecule has 0 saturated carbocycles. The van der Waals surface area contributed by atoms with Crippen molar-refractivity contribution in [2.45, 2.75) is 31.1 Å². The van der Waals surface area contributed by atoms with Crippen LogP contribution in [-0.4, -0.2) is 60.6 Å². The van der Waals surface area contributed by atoms with Crippen molar-refractivity contribution < 1.29 is 8.42 Å². The lowest BCUT2D eigenvalue weighted by Gasteiger charge is -2.32. The third-order valence-corrected chi connectivity index (χ3v) is 5.49. The molecule has 0 spiro atoms. The van der Waals surface area contributed by atoms with Gasteiger partial charge in [0.15, 0.2) is 0 Å². The molecule has 1 aliphatic heterocycles. The number of hydrogen-bond donors (Lipinski definition) is 0. The molecule has 0 bridgehead atoms. The largest absolute Gasteiger partial charge is 0.304 e. The molecule has 0 N–H and O–H groups in total. The Kier molecular flexibility index (Phi) is 3.96. The van der Waals surface area contributed by atoms with E-state index in [9.17, 15) is 8.42 Å². The Morgan fingerprint density at radius 1 is 1.10 bits per heavy atom. The van der Waals surface area contributed by atoms with Gasteiger partial charge in [-0.2, -0.15) is 9.40 Å². The SMILES string of the molecule is CN1CCN(S(=O)(=O)c2cn(C)nc2C(C)(C)C)CC1. The summed E-state index contributed by atoms with van der Waals surface area (Å²) in [5.41, 5.74) is 0.343. The van der Waals surface area contributed by atoms with E-state index in [0.717, 1.165) is 13.1 Å². The van der Waals surface area contributed by atoms with Crippen LogP contribution < -0.4 is 0 Å². The van der Waals surface area contributed by atoms with E-state index in [2.05, 4.69) is 10.00 Å². The maximum absolute atomic E-state index is 12.8. The second-order valence-corrected chi connectivity index (χ2v) is 8.38. The topological polar surface area (TPSA) is 58.4 Å². The summed E-state index contributed by atoms with van der Waals surface area (Å²) in [5, 5.41) is 4.36. The van der Waals surface area contributed by atoms with Gasteiger partial charge >= 0.3 is 0 Å². The minimum atomic E-state index is -3.46. The molecule has 0 atom stereocenters. The average molecular weight is 300 g/mol. The van der Waals surface area contributed by atoms with Crippen molar-refractivity contribution in [2.24, 2.45) is 7.05 Å². The first-order valence-corrected chi connectivity index (χ1v) is 8.29. The third-order valence-electron chi connectivity index (χ3n) is 3.59. The Balaban J connectivity index is 2.40. The molecule has 6 nitrogen and oxygen atoms in total. The predicted molar refractivity (Wildman–Crippen MR) is 78.2 cm³/mol. The average Bonchev–Trinajstić information content (AvgIpc) is 2.72. The molecule has 1 saturated heterocycles. The lowest BCUT2D eigenvalue weighted by molar-refractivity contribution is 0.222. The van der Waals surface area contributed by atoms with Gasteiger partial charge in [0.2, 0.25) is 10.0 Å². The Morgan fingerprint density at radius 3 is 2.15 bits per heavy atom. The fourth-order valence-electron chi connectivity index (χ4n) is 2.34. The van der Waals surface area contributed by atoms with Crippen LogP contribution in [-0.2, 0) is 22.5 Å². The number of piperazine rings is 1. The van der Waals surface area contributed by atoms with Crippen LogP contribution in [0.25, 0.3) is 0 Å². The van der Waals surface area contributed by atoms with Crippen molar-refractivity contribution in [3.8, 4) is 0 Å². The number of likely N-dealkylation sites (N-methyl/N-ethyl adjacent to an activating group) is 1. The van der Waals surface area contributed by atoms with Gasteiger partial charge in [0.05, 0.1) is 5.69 Å². The Labute approximate surface area is 121 Å². The molecule has 7 heteroatoms. The van der Waals surface area contributed by atoms with Gasteiger partial charge in [0, 0.05) is 44.8 Å². The van der Waals surface area contributed by atoms with Crippen LogP contribution in [0.3, 0.4) is 0 Å². The van der Waals surface area contributed by atoms with E-state index in [1.54, 1.807) is 22.2 Å². The van der Waals surface area contributed by atoms with Crippen LogP contribution in [0, 0.1) is 0 Å². The van der Waals surface area contributed by atoms with Gasteiger partial charge in [-0.25, -0.2) is 8.42 Å². The number of rotatable bonds is 2. The molecule has 0 aliphatic carbocycles. The van der Waals surface area contributed by atoms with Crippen LogP contribution in [0.15, 0.2) is 11.1 Å². The molecule has 1 aromatic rings. The van der Waals surface area contributed by atoms with E-state index >= 15 is 0 Å². The summed E-state index contributed by atoms with van der Waals surface area (Å²) in [6.07, 6.45) is 1.62. The summed E-state index contributed by atoms with van der Waals surface area (Å²) in [6.45, 7) is 8.57. The molecule has 20 heavy (non-hydrogen) atoms. The van der Waals surface area contributed by atoms with Crippen molar-refractivity contribution in [3.63, 3.8) is 0 Å². The Morgan fingerprint density at radius 2 is 1.65 bits per heavy atom. The van der Waals surface area contributed by atoms with Crippen molar-refractivity contribution in [2.75, 3.05) is 33.2 Å². The molecule has 2 rings (SSSR count). The maximum Gasteiger partial charge on any atom is 0.246 e. The first-order valence-electron chi connectivity index (χ1n) is 6.85. The fourth-order valence-corrected chi connectivity index (χ4v) is 4.14. The van der Waals surface area contributed by atoms with Gasteiger partial charge in [-0.15, -0.1) is 0 Å². The third kappa shape index (κ3) is 2.89. The van der Waals surface area contributed by atoms with Crippen LogP contribution in [0.5, 0.6) is 0 Å². The second-order valence-electron chi connectivity index (χ2n) is 6.47. The highest BCUT2D eigenvalue weighted by atomic mass is 32.2. The van der Waals surface area contributed by atoms with Crippen molar-refractivity contribution >= 4 is 10.0 Å². The van der Waals surface area contributed by atoms with E-state index in [1.807, 2.05) is 27.8 Å². The van der Waals surface area contributed by atoms with Crippen LogP contribution in [0.4, 0.5) is 0 Å². The van der Waals surface area contributed by atoms with Gasteiger partial charge in [0.1, 0.15) is 4.90 Å². The maximum atomic E-state index is 12.8. The zero-order valence-electron chi connectivity index (χ0n) is 12.9. The summed E-state index contributed by atoms with van der Waals surface area (Å²) in [7, 11) is 0.316. The molecule has 0 unspecified atom stereocenters. The minimum Gasteiger partial charge on any atom is -0.304 e. The predicted octanol–water partition coefficient (Wildman–Crippen LogP) is 0.654. The molecule has 1 aromatic heterocycles. The molecule has 114 valence electrons. The van der Waals surface area contributed by atoms with E-state index in [0.29, 0.717) is 23.7 Å². The molecule has 0 amide bonds. The summed E-state index contributed by atoms with van der Waals surface area (Å²) in [5.74, 6) is 0. The molecule has 1 fully saturated rings. The molecule has 1 aliphatic rings. The van der Waals surface area contributed by atoms with E-state index < -0.39 is 10.0 Å². The van der Waals surface area contributed by atoms with Crippen LogP contribution in [0.1, 0.15) is 26.5 Å². The monoisotopic (exact) mass is 300 g/mol. The lowest BCUT2D eigenvalue weighted by Crippen LogP contribution is -2.47. The molecule has 2 heterocycles.